The van der Waals surface area contributed by atoms with Gasteiger partial charge in [0, 0.05) is 18.8 Å². The molecule has 146 valence electrons. The molecule has 0 aromatic heterocycles. The maximum absolute atomic E-state index is 12.8. The average Bonchev–Trinajstić information content (AvgIpc) is 2.69. The number of nitrogens with zero attached hydrogens (tertiary/aromatic N) is 1. The van der Waals surface area contributed by atoms with Crippen LogP contribution in [0.1, 0.15) is 13.8 Å². The van der Waals surface area contributed by atoms with Gasteiger partial charge in [-0.15, -0.1) is 0 Å². The Hall–Kier alpha value is -3.19. The zero-order chi connectivity index (χ0) is 20.6. The van der Waals surface area contributed by atoms with Crippen molar-refractivity contribution in [2.75, 3.05) is 11.5 Å². The second-order valence-electron chi connectivity index (χ2n) is 5.63. The molecule has 1 amide bonds. The number of hydrogen-bond donors (Lipinski definition) is 0. The van der Waals surface area contributed by atoms with E-state index in [2.05, 4.69) is 0 Å². The van der Waals surface area contributed by atoms with Crippen LogP contribution in [-0.4, -0.2) is 26.9 Å². The largest absolute Gasteiger partial charge is 0.462 e. The highest BCUT2D eigenvalue weighted by atomic mass is 32.2. The van der Waals surface area contributed by atoms with Crippen molar-refractivity contribution >= 4 is 27.4 Å². The monoisotopic (exact) mass is 399 g/mol. The van der Waals surface area contributed by atoms with Crippen LogP contribution in [-0.2, 0) is 24.2 Å². The number of hydrogen-bond acceptors (Lipinski definition) is 5. The molecule has 0 aliphatic carbocycles. The molecule has 6 nitrogen and oxygen atoms in total. The number of sulfone groups is 1. The first kappa shape index (κ1) is 21.1. The predicted octanol–water partition coefficient (Wildman–Crippen LogP) is 3.47. The van der Waals surface area contributed by atoms with Crippen LogP contribution in [0.5, 0.6) is 0 Å². The van der Waals surface area contributed by atoms with Gasteiger partial charge in [-0.1, -0.05) is 36.4 Å². The van der Waals surface area contributed by atoms with E-state index in [1.165, 1.54) is 36.2 Å². The Morgan fingerprint density at radius 3 is 2.11 bits per heavy atom. The second-order valence-corrected chi connectivity index (χ2v) is 7.55. The first-order valence-electron chi connectivity index (χ1n) is 8.58. The van der Waals surface area contributed by atoms with E-state index in [-0.39, 0.29) is 17.4 Å². The Balaban J connectivity index is 2.43. The highest BCUT2D eigenvalue weighted by molar-refractivity contribution is 7.96. The van der Waals surface area contributed by atoms with Gasteiger partial charge >= 0.3 is 5.97 Å². The zero-order valence-corrected chi connectivity index (χ0v) is 16.4. The Morgan fingerprint density at radius 1 is 1.00 bits per heavy atom. The van der Waals surface area contributed by atoms with Crippen molar-refractivity contribution in [1.82, 2.24) is 0 Å². The SMILES string of the molecule is CCOC(=O)/C(=C\C=C\N(C(C)=O)c1ccccc1)S(=O)(=O)c1ccccc1. The van der Waals surface area contributed by atoms with Gasteiger partial charge in [-0.25, -0.2) is 13.2 Å². The van der Waals surface area contributed by atoms with Crippen LogP contribution in [0.25, 0.3) is 0 Å². The summed E-state index contributed by atoms with van der Waals surface area (Å²) in [5.74, 6) is -1.22. The molecule has 0 spiro atoms. The van der Waals surface area contributed by atoms with Gasteiger partial charge in [0.1, 0.15) is 0 Å². The van der Waals surface area contributed by atoms with E-state index in [0.29, 0.717) is 5.69 Å². The van der Waals surface area contributed by atoms with E-state index in [9.17, 15) is 18.0 Å². The first-order valence-corrected chi connectivity index (χ1v) is 10.1. The van der Waals surface area contributed by atoms with Gasteiger partial charge in [0.25, 0.3) is 0 Å². The van der Waals surface area contributed by atoms with Crippen LogP contribution >= 0.6 is 0 Å². The molecule has 0 aliphatic heterocycles. The quantitative estimate of drug-likeness (QED) is 0.405. The average molecular weight is 399 g/mol. The number of amides is 1. The van der Waals surface area contributed by atoms with Gasteiger partial charge in [-0.05, 0) is 43.3 Å². The van der Waals surface area contributed by atoms with Crippen LogP contribution in [0.3, 0.4) is 0 Å². The molecule has 7 heteroatoms. The van der Waals surface area contributed by atoms with E-state index in [1.807, 2.05) is 6.07 Å². The van der Waals surface area contributed by atoms with Crippen molar-refractivity contribution in [3.05, 3.63) is 83.9 Å². The molecule has 0 atom stereocenters. The number of carbonyl (C=O) groups excluding carboxylic acids is 2. The fourth-order valence-corrected chi connectivity index (χ4v) is 3.68. The number of rotatable bonds is 7. The molecular weight excluding hydrogens is 378 g/mol. The minimum absolute atomic E-state index is 0.0193. The summed E-state index contributed by atoms with van der Waals surface area (Å²) in [6, 6.07) is 16.5. The number of esters is 1. The Labute approximate surface area is 164 Å². The lowest BCUT2D eigenvalue weighted by Crippen LogP contribution is -2.21. The molecule has 0 heterocycles. The number of ether oxygens (including phenoxy) is 1. The molecule has 2 aromatic rings. The first-order chi connectivity index (χ1) is 13.4. The molecule has 0 saturated heterocycles. The molecule has 28 heavy (non-hydrogen) atoms. The summed E-state index contributed by atoms with van der Waals surface area (Å²) in [6.45, 7) is 3.01. The molecule has 2 aromatic carbocycles. The maximum Gasteiger partial charge on any atom is 0.350 e. The predicted molar refractivity (Wildman–Crippen MR) is 107 cm³/mol. The van der Waals surface area contributed by atoms with Crippen molar-refractivity contribution < 1.29 is 22.7 Å². The Bertz CT molecular complexity index is 980. The summed E-state index contributed by atoms with van der Waals surface area (Å²) in [5.41, 5.74) is 0.614. The smallest absolute Gasteiger partial charge is 0.350 e. The van der Waals surface area contributed by atoms with Crippen molar-refractivity contribution in [2.45, 2.75) is 18.7 Å². The normalized spacial score (nSPS) is 12.0. The van der Waals surface area contributed by atoms with Crippen molar-refractivity contribution in [1.29, 1.82) is 0 Å². The van der Waals surface area contributed by atoms with Crippen LogP contribution < -0.4 is 4.90 Å². The summed E-state index contributed by atoms with van der Waals surface area (Å²) in [6.07, 6.45) is 3.87. The van der Waals surface area contributed by atoms with E-state index in [1.54, 1.807) is 49.4 Å². The standard InChI is InChI=1S/C21H21NO5S/c1-3-27-21(24)20(28(25,26)19-13-8-5-9-14-19)15-10-16-22(17(2)23)18-11-6-4-7-12-18/h4-16H,3H2,1-2H3/b16-10+,20-15+. The number of allylic oxidation sites excluding steroid dienone is 2. The summed E-state index contributed by atoms with van der Waals surface area (Å²) in [5, 5.41) is 0. The highest BCUT2D eigenvalue weighted by Crippen LogP contribution is 2.21. The van der Waals surface area contributed by atoms with E-state index >= 15 is 0 Å². The third-order valence-electron chi connectivity index (χ3n) is 3.68. The van der Waals surface area contributed by atoms with Crippen molar-refractivity contribution in [3.8, 4) is 0 Å². The van der Waals surface area contributed by atoms with Gasteiger partial charge in [0.15, 0.2) is 4.91 Å². The Kier molecular flexibility index (Phi) is 7.28. The second kappa shape index (κ2) is 9.66. The molecule has 0 aliphatic rings. The minimum atomic E-state index is -4.07. The lowest BCUT2D eigenvalue weighted by Gasteiger charge is -2.15. The lowest BCUT2D eigenvalue weighted by atomic mass is 10.3. The summed E-state index contributed by atoms with van der Waals surface area (Å²) in [7, 11) is -4.07. The van der Waals surface area contributed by atoms with E-state index in [0.717, 1.165) is 6.08 Å². The molecule has 0 bridgehead atoms. The number of carbonyl (C=O) groups is 2. The Morgan fingerprint density at radius 2 is 1.57 bits per heavy atom. The van der Waals surface area contributed by atoms with Crippen LogP contribution in [0.2, 0.25) is 0 Å². The van der Waals surface area contributed by atoms with Gasteiger partial charge in [-0.3, -0.25) is 9.69 Å². The van der Waals surface area contributed by atoms with Gasteiger partial charge in [-0.2, -0.15) is 0 Å². The number of anilines is 1. The van der Waals surface area contributed by atoms with Gasteiger partial charge < -0.3 is 4.74 Å². The van der Waals surface area contributed by atoms with Crippen molar-refractivity contribution in [2.24, 2.45) is 0 Å². The summed E-state index contributed by atoms with van der Waals surface area (Å²) >= 11 is 0. The zero-order valence-electron chi connectivity index (χ0n) is 15.6. The molecule has 0 N–H and O–H groups in total. The van der Waals surface area contributed by atoms with Crippen LogP contribution in [0.15, 0.2) is 88.8 Å². The molecule has 0 saturated carbocycles. The number of benzene rings is 2. The fourth-order valence-electron chi connectivity index (χ4n) is 2.37. The molecule has 2 rings (SSSR count). The fraction of sp³-hybridized carbons (Fsp3) is 0.143. The van der Waals surface area contributed by atoms with Gasteiger partial charge in [0.05, 0.1) is 11.5 Å². The van der Waals surface area contributed by atoms with Crippen LogP contribution in [0.4, 0.5) is 5.69 Å². The highest BCUT2D eigenvalue weighted by Gasteiger charge is 2.27. The van der Waals surface area contributed by atoms with Gasteiger partial charge in [0.2, 0.25) is 15.7 Å². The molecule has 0 fully saturated rings. The third-order valence-corrected chi connectivity index (χ3v) is 5.45. The van der Waals surface area contributed by atoms with Crippen LogP contribution in [0, 0.1) is 0 Å². The lowest BCUT2D eigenvalue weighted by molar-refractivity contribution is -0.137. The summed E-state index contributed by atoms with van der Waals surface area (Å²) in [4.78, 5) is 25.0. The number of para-hydroxylation sites is 1. The third kappa shape index (κ3) is 5.17. The molecule has 0 unspecified atom stereocenters. The van der Waals surface area contributed by atoms with E-state index < -0.39 is 20.7 Å². The maximum atomic E-state index is 12.8. The molecule has 0 radical (unpaired) electrons. The van der Waals surface area contributed by atoms with E-state index in [4.69, 9.17) is 4.74 Å². The molecular formula is C21H21NO5S. The summed E-state index contributed by atoms with van der Waals surface area (Å²) < 4.78 is 30.6. The minimum Gasteiger partial charge on any atom is -0.462 e. The van der Waals surface area contributed by atoms with Crippen molar-refractivity contribution in [3.63, 3.8) is 0 Å². The topological polar surface area (TPSA) is 80.8 Å².